The fourth-order valence-corrected chi connectivity index (χ4v) is 2.95. The van der Waals surface area contributed by atoms with Gasteiger partial charge >= 0.3 is 12.1 Å². The lowest BCUT2D eigenvalue weighted by Crippen LogP contribution is -2.42. The number of imide groups is 1. The van der Waals surface area contributed by atoms with Crippen molar-refractivity contribution in [1.29, 1.82) is 0 Å². The van der Waals surface area contributed by atoms with E-state index in [1.165, 1.54) is 25.1 Å². The van der Waals surface area contributed by atoms with Crippen molar-refractivity contribution >= 4 is 35.0 Å². The summed E-state index contributed by atoms with van der Waals surface area (Å²) in [6.07, 6.45) is -3.33. The second-order valence-electron chi connectivity index (χ2n) is 4.87. The van der Waals surface area contributed by atoms with E-state index < -0.39 is 34.9 Å². The topological polar surface area (TPSA) is 63.7 Å². The smallest absolute Gasteiger partial charge is 0.416 e. The van der Waals surface area contributed by atoms with E-state index in [4.69, 9.17) is 0 Å². The normalized spacial score (nSPS) is 18.2. The third kappa shape index (κ3) is 3.61. The van der Waals surface area contributed by atoms with Crippen molar-refractivity contribution < 1.29 is 32.3 Å². The van der Waals surface area contributed by atoms with Crippen LogP contribution in [0, 0.1) is 0 Å². The summed E-state index contributed by atoms with van der Waals surface area (Å²) in [5.74, 6) is -1.52. The van der Waals surface area contributed by atoms with E-state index in [1.54, 1.807) is 0 Å². The zero-order valence-electron chi connectivity index (χ0n) is 12.6. The van der Waals surface area contributed by atoms with Gasteiger partial charge in [0.1, 0.15) is 6.04 Å². The van der Waals surface area contributed by atoms with Crippen LogP contribution in [0.4, 0.5) is 18.0 Å². The molecule has 1 unspecified atom stereocenters. The lowest BCUT2D eigenvalue weighted by atomic mass is 10.1. The Morgan fingerprint density at radius 2 is 2.00 bits per heavy atom. The van der Waals surface area contributed by atoms with Crippen molar-refractivity contribution in [2.75, 3.05) is 7.11 Å². The first kappa shape index (κ1) is 18.1. The molecule has 1 aromatic carbocycles. The van der Waals surface area contributed by atoms with Crippen molar-refractivity contribution in [1.82, 2.24) is 4.90 Å². The van der Waals surface area contributed by atoms with Crippen LogP contribution in [-0.4, -0.2) is 35.2 Å². The number of esters is 1. The first-order valence-electron chi connectivity index (χ1n) is 6.67. The molecule has 1 atom stereocenters. The summed E-state index contributed by atoms with van der Waals surface area (Å²) in [5, 5.41) is -0.684. The Morgan fingerprint density at radius 3 is 2.58 bits per heavy atom. The molecule has 5 nitrogen and oxygen atoms in total. The SMILES string of the molecule is COC(=O)C(C)N1C(=O)S/C(=C/c2cccc(C(F)(F)F)c2)C1=O. The Morgan fingerprint density at radius 1 is 1.33 bits per heavy atom. The van der Waals surface area contributed by atoms with Gasteiger partial charge in [-0.3, -0.25) is 14.5 Å². The maximum absolute atomic E-state index is 12.7. The third-order valence-corrected chi connectivity index (χ3v) is 4.15. The van der Waals surface area contributed by atoms with Gasteiger partial charge in [0, 0.05) is 0 Å². The number of benzene rings is 1. The summed E-state index contributed by atoms with van der Waals surface area (Å²) in [4.78, 5) is 36.3. The van der Waals surface area contributed by atoms with E-state index in [9.17, 15) is 27.6 Å². The molecule has 1 aliphatic heterocycles. The van der Waals surface area contributed by atoms with Crippen molar-refractivity contribution in [3.8, 4) is 0 Å². The molecule has 24 heavy (non-hydrogen) atoms. The first-order chi connectivity index (χ1) is 11.1. The summed E-state index contributed by atoms with van der Waals surface area (Å²) < 4.78 is 42.6. The van der Waals surface area contributed by atoms with E-state index in [2.05, 4.69) is 4.74 Å². The molecule has 128 valence electrons. The van der Waals surface area contributed by atoms with Crippen LogP contribution in [0.5, 0.6) is 0 Å². The molecule has 0 radical (unpaired) electrons. The summed E-state index contributed by atoms with van der Waals surface area (Å²) >= 11 is 0.556. The molecule has 0 aliphatic carbocycles. The molecule has 0 N–H and O–H groups in total. The zero-order chi connectivity index (χ0) is 18.1. The van der Waals surface area contributed by atoms with Gasteiger partial charge in [-0.25, -0.2) is 4.79 Å². The average molecular weight is 359 g/mol. The summed E-state index contributed by atoms with van der Waals surface area (Å²) in [6, 6.07) is 3.25. The van der Waals surface area contributed by atoms with E-state index in [0.29, 0.717) is 11.8 Å². The highest BCUT2D eigenvalue weighted by molar-refractivity contribution is 8.18. The van der Waals surface area contributed by atoms with Gasteiger partial charge in [-0.1, -0.05) is 12.1 Å². The van der Waals surface area contributed by atoms with Gasteiger partial charge in [-0.05, 0) is 42.5 Å². The number of nitrogens with zero attached hydrogens (tertiary/aromatic N) is 1. The van der Waals surface area contributed by atoms with Gasteiger partial charge in [0.15, 0.2) is 0 Å². The van der Waals surface area contributed by atoms with Crippen LogP contribution in [-0.2, 0) is 20.5 Å². The van der Waals surface area contributed by atoms with E-state index in [1.807, 2.05) is 0 Å². The largest absolute Gasteiger partial charge is 0.467 e. The molecule has 0 aromatic heterocycles. The molecule has 1 heterocycles. The van der Waals surface area contributed by atoms with Crippen LogP contribution in [0.25, 0.3) is 6.08 Å². The average Bonchev–Trinajstić information content (AvgIpc) is 2.79. The van der Waals surface area contributed by atoms with Crippen molar-refractivity contribution in [3.05, 3.63) is 40.3 Å². The van der Waals surface area contributed by atoms with Crippen molar-refractivity contribution in [3.63, 3.8) is 0 Å². The number of ether oxygens (including phenoxy) is 1. The Balaban J connectivity index is 2.31. The highest BCUT2D eigenvalue weighted by Crippen LogP contribution is 2.35. The van der Waals surface area contributed by atoms with Crippen LogP contribution >= 0.6 is 11.8 Å². The summed E-state index contributed by atoms with van der Waals surface area (Å²) in [5.41, 5.74) is -0.737. The van der Waals surface area contributed by atoms with Gasteiger partial charge in [0.2, 0.25) is 0 Å². The van der Waals surface area contributed by atoms with Gasteiger partial charge < -0.3 is 4.74 Å². The number of rotatable bonds is 3. The lowest BCUT2D eigenvalue weighted by molar-refractivity contribution is -0.148. The lowest BCUT2D eigenvalue weighted by Gasteiger charge is -2.18. The summed E-state index contributed by atoms with van der Waals surface area (Å²) in [7, 11) is 1.12. The second kappa shape index (κ2) is 6.68. The van der Waals surface area contributed by atoms with Crippen LogP contribution in [0.2, 0.25) is 0 Å². The molecule has 2 amide bonds. The van der Waals surface area contributed by atoms with Gasteiger partial charge in [-0.2, -0.15) is 13.2 Å². The number of hydrogen-bond donors (Lipinski definition) is 0. The molecule has 1 aromatic rings. The minimum Gasteiger partial charge on any atom is -0.467 e. The first-order valence-corrected chi connectivity index (χ1v) is 7.49. The molecular formula is C15H12F3NO4S. The number of amides is 2. The van der Waals surface area contributed by atoms with Gasteiger partial charge in [0.05, 0.1) is 17.6 Å². The molecular weight excluding hydrogens is 347 g/mol. The highest BCUT2D eigenvalue weighted by Gasteiger charge is 2.41. The molecule has 0 spiro atoms. The molecule has 2 rings (SSSR count). The maximum Gasteiger partial charge on any atom is 0.416 e. The van der Waals surface area contributed by atoms with Gasteiger partial charge in [0.25, 0.3) is 11.1 Å². The minimum atomic E-state index is -4.51. The molecule has 1 saturated heterocycles. The van der Waals surface area contributed by atoms with Crippen LogP contribution in [0.3, 0.4) is 0 Å². The molecule has 9 heteroatoms. The zero-order valence-corrected chi connectivity index (χ0v) is 13.4. The van der Waals surface area contributed by atoms with E-state index in [-0.39, 0.29) is 10.5 Å². The third-order valence-electron chi connectivity index (χ3n) is 3.26. The number of alkyl halides is 3. The van der Waals surface area contributed by atoms with Gasteiger partial charge in [-0.15, -0.1) is 0 Å². The molecule has 1 fully saturated rings. The predicted molar refractivity (Wildman–Crippen MR) is 80.7 cm³/mol. The van der Waals surface area contributed by atoms with Crippen LogP contribution < -0.4 is 0 Å². The predicted octanol–water partition coefficient (Wildman–Crippen LogP) is 3.30. The van der Waals surface area contributed by atoms with Crippen LogP contribution in [0.1, 0.15) is 18.1 Å². The maximum atomic E-state index is 12.7. The fraction of sp³-hybridized carbons (Fsp3) is 0.267. The standard InChI is InChI=1S/C15H12F3NO4S/c1-8(13(21)23-2)19-12(20)11(24-14(19)22)7-9-4-3-5-10(6-9)15(16,17)18/h3-8H,1-2H3/b11-7+. The number of halogens is 3. The Kier molecular flexibility index (Phi) is 5.02. The van der Waals surface area contributed by atoms with Crippen LogP contribution in [0.15, 0.2) is 29.2 Å². The number of carbonyl (C=O) groups excluding carboxylic acids is 3. The summed E-state index contributed by atoms with van der Waals surface area (Å²) in [6.45, 7) is 1.33. The second-order valence-corrected chi connectivity index (χ2v) is 5.87. The highest BCUT2D eigenvalue weighted by atomic mass is 32.2. The Bertz CT molecular complexity index is 730. The minimum absolute atomic E-state index is 0.0601. The number of thioether (sulfide) groups is 1. The number of methoxy groups -OCH3 is 1. The molecule has 0 bridgehead atoms. The van der Waals surface area contributed by atoms with E-state index in [0.717, 1.165) is 24.1 Å². The Labute approximate surface area is 139 Å². The van der Waals surface area contributed by atoms with Crippen molar-refractivity contribution in [2.24, 2.45) is 0 Å². The quantitative estimate of drug-likeness (QED) is 0.612. The Hall–Kier alpha value is -2.29. The van der Waals surface area contributed by atoms with Crippen molar-refractivity contribution in [2.45, 2.75) is 19.1 Å². The molecule has 1 aliphatic rings. The van der Waals surface area contributed by atoms with E-state index >= 15 is 0 Å². The number of carbonyl (C=O) groups is 3. The fourth-order valence-electron chi connectivity index (χ4n) is 2.05. The molecule has 0 saturated carbocycles. The monoisotopic (exact) mass is 359 g/mol. The number of hydrogen-bond acceptors (Lipinski definition) is 5.